The van der Waals surface area contributed by atoms with E-state index < -0.39 is 5.54 Å². The van der Waals surface area contributed by atoms with E-state index in [9.17, 15) is 4.79 Å². The van der Waals surface area contributed by atoms with E-state index in [1.807, 2.05) is 13.8 Å². The Kier molecular flexibility index (Phi) is 0.815. The first-order valence-electron chi connectivity index (χ1n) is 2.77. The fourth-order valence-electron chi connectivity index (χ4n) is 0.888. The van der Waals surface area contributed by atoms with Gasteiger partial charge in [0, 0.05) is 0 Å². The molecule has 1 rings (SSSR count). The second-order valence-electron chi connectivity index (χ2n) is 3.22. The summed E-state index contributed by atoms with van der Waals surface area (Å²) in [6.07, 6.45) is 1.69. The van der Waals surface area contributed by atoms with Gasteiger partial charge >= 0.3 is 0 Å². The fraction of sp³-hybridized carbons (Fsp3) is 0.833. The van der Waals surface area contributed by atoms with Crippen molar-refractivity contribution < 1.29 is 4.79 Å². The number of aldehydes is 1. The highest BCUT2D eigenvalue weighted by Crippen LogP contribution is 2.51. The van der Waals surface area contributed by atoms with Crippen molar-refractivity contribution in [1.82, 2.24) is 0 Å². The summed E-state index contributed by atoms with van der Waals surface area (Å²) in [5.41, 5.74) is 5.13. The van der Waals surface area contributed by atoms with Crippen molar-refractivity contribution >= 4 is 6.29 Å². The van der Waals surface area contributed by atoms with Crippen molar-refractivity contribution in [2.75, 3.05) is 0 Å². The highest BCUT2D eigenvalue weighted by atomic mass is 16.1. The largest absolute Gasteiger partial charge is 0.319 e. The van der Waals surface area contributed by atoms with Crippen LogP contribution in [0.3, 0.4) is 0 Å². The Labute approximate surface area is 49.1 Å². The van der Waals surface area contributed by atoms with E-state index in [1.165, 1.54) is 0 Å². The summed E-state index contributed by atoms with van der Waals surface area (Å²) in [5.74, 6) is 0. The van der Waals surface area contributed by atoms with Crippen LogP contribution in [-0.2, 0) is 4.79 Å². The molecule has 0 aliphatic heterocycles. The van der Waals surface area contributed by atoms with Crippen molar-refractivity contribution in [1.29, 1.82) is 0 Å². The van der Waals surface area contributed by atoms with Gasteiger partial charge in [-0.25, -0.2) is 0 Å². The third kappa shape index (κ3) is 0.494. The molecule has 0 bridgehead atoms. The SMILES string of the molecule is CC1(C)CC1(N)C=O. The predicted molar refractivity (Wildman–Crippen MR) is 31.4 cm³/mol. The first kappa shape index (κ1) is 5.76. The fourth-order valence-corrected chi connectivity index (χ4v) is 0.888. The van der Waals surface area contributed by atoms with E-state index in [0.717, 1.165) is 12.7 Å². The van der Waals surface area contributed by atoms with Gasteiger partial charge in [-0.15, -0.1) is 0 Å². The summed E-state index contributed by atoms with van der Waals surface area (Å²) in [4.78, 5) is 10.2. The van der Waals surface area contributed by atoms with Gasteiger partial charge in [-0.2, -0.15) is 0 Å². The molecule has 0 aromatic carbocycles. The van der Waals surface area contributed by atoms with Gasteiger partial charge in [0.1, 0.15) is 6.29 Å². The number of nitrogens with two attached hydrogens (primary N) is 1. The molecule has 0 saturated heterocycles. The van der Waals surface area contributed by atoms with Gasteiger partial charge in [0.15, 0.2) is 0 Å². The van der Waals surface area contributed by atoms with E-state index in [4.69, 9.17) is 5.73 Å². The van der Waals surface area contributed by atoms with E-state index in [0.29, 0.717) is 0 Å². The van der Waals surface area contributed by atoms with Gasteiger partial charge in [0.2, 0.25) is 0 Å². The lowest BCUT2D eigenvalue weighted by atomic mass is 10.1. The van der Waals surface area contributed by atoms with Crippen molar-refractivity contribution in [3.63, 3.8) is 0 Å². The third-order valence-corrected chi connectivity index (χ3v) is 2.08. The van der Waals surface area contributed by atoms with E-state index >= 15 is 0 Å². The zero-order valence-electron chi connectivity index (χ0n) is 5.27. The average Bonchev–Trinajstić information content (AvgIpc) is 2.10. The third-order valence-electron chi connectivity index (χ3n) is 2.08. The standard InChI is InChI=1S/C6H11NO/c1-5(2)3-6(5,7)4-8/h4H,3,7H2,1-2H3. The Morgan fingerprint density at radius 3 is 2.00 bits per heavy atom. The van der Waals surface area contributed by atoms with Crippen LogP contribution in [0.2, 0.25) is 0 Å². The summed E-state index contributed by atoms with van der Waals surface area (Å²) in [7, 11) is 0. The van der Waals surface area contributed by atoms with Crippen LogP contribution in [0.5, 0.6) is 0 Å². The highest BCUT2D eigenvalue weighted by Gasteiger charge is 2.58. The lowest BCUT2D eigenvalue weighted by molar-refractivity contribution is -0.110. The Bertz CT molecular complexity index is 130. The Balaban J connectivity index is 2.68. The number of carbonyl (C=O) groups is 1. The minimum atomic E-state index is -0.493. The highest BCUT2D eigenvalue weighted by molar-refractivity contribution is 5.71. The van der Waals surface area contributed by atoms with Crippen molar-refractivity contribution in [3.05, 3.63) is 0 Å². The zero-order chi connectivity index (χ0) is 6.41. The van der Waals surface area contributed by atoms with Crippen LogP contribution in [0.25, 0.3) is 0 Å². The van der Waals surface area contributed by atoms with Crippen molar-refractivity contribution in [2.24, 2.45) is 11.1 Å². The summed E-state index contributed by atoms with van der Waals surface area (Å²) < 4.78 is 0. The Hall–Kier alpha value is -0.370. The maximum Gasteiger partial charge on any atom is 0.140 e. The first-order chi connectivity index (χ1) is 3.52. The molecule has 46 valence electrons. The molecule has 0 spiro atoms. The molecular formula is C6H11NO. The van der Waals surface area contributed by atoms with Gasteiger partial charge in [0.25, 0.3) is 0 Å². The van der Waals surface area contributed by atoms with Gasteiger partial charge in [-0.1, -0.05) is 13.8 Å². The monoisotopic (exact) mass is 113 g/mol. The molecule has 1 aliphatic rings. The molecule has 0 radical (unpaired) electrons. The predicted octanol–water partition coefficient (Wildman–Crippen LogP) is 0.313. The number of rotatable bonds is 1. The van der Waals surface area contributed by atoms with Gasteiger partial charge in [-0.3, -0.25) is 0 Å². The van der Waals surface area contributed by atoms with E-state index in [-0.39, 0.29) is 5.41 Å². The summed E-state index contributed by atoms with van der Waals surface area (Å²) in [5, 5.41) is 0. The first-order valence-corrected chi connectivity index (χ1v) is 2.77. The molecule has 0 amide bonds. The van der Waals surface area contributed by atoms with E-state index in [2.05, 4.69) is 0 Å². The Morgan fingerprint density at radius 1 is 1.62 bits per heavy atom. The van der Waals surface area contributed by atoms with Crippen LogP contribution in [0.1, 0.15) is 20.3 Å². The molecule has 8 heavy (non-hydrogen) atoms. The molecule has 2 N–H and O–H groups in total. The van der Waals surface area contributed by atoms with Crippen molar-refractivity contribution in [2.45, 2.75) is 25.8 Å². The molecule has 1 atom stereocenters. The lowest BCUT2D eigenvalue weighted by Gasteiger charge is -2.03. The van der Waals surface area contributed by atoms with Crippen LogP contribution in [0.15, 0.2) is 0 Å². The molecule has 1 unspecified atom stereocenters. The van der Waals surface area contributed by atoms with Crippen LogP contribution in [-0.4, -0.2) is 11.8 Å². The summed E-state index contributed by atoms with van der Waals surface area (Å²) >= 11 is 0. The second kappa shape index (κ2) is 1.13. The molecular weight excluding hydrogens is 102 g/mol. The van der Waals surface area contributed by atoms with Gasteiger partial charge in [0.05, 0.1) is 5.54 Å². The van der Waals surface area contributed by atoms with Crippen LogP contribution in [0.4, 0.5) is 0 Å². The van der Waals surface area contributed by atoms with Crippen molar-refractivity contribution in [3.8, 4) is 0 Å². The molecule has 1 fully saturated rings. The van der Waals surface area contributed by atoms with Gasteiger partial charge in [-0.05, 0) is 11.8 Å². The van der Waals surface area contributed by atoms with E-state index in [1.54, 1.807) is 0 Å². The normalized spacial score (nSPS) is 41.4. The molecule has 0 aromatic heterocycles. The minimum absolute atomic E-state index is 0.0642. The topological polar surface area (TPSA) is 43.1 Å². The quantitative estimate of drug-likeness (QED) is 0.497. The molecule has 0 heterocycles. The van der Waals surface area contributed by atoms with Crippen LogP contribution >= 0.6 is 0 Å². The zero-order valence-corrected chi connectivity index (χ0v) is 5.27. The molecule has 2 heteroatoms. The minimum Gasteiger partial charge on any atom is -0.319 e. The maximum absolute atomic E-state index is 10.2. The lowest BCUT2D eigenvalue weighted by Crippen LogP contribution is -2.29. The second-order valence-corrected chi connectivity index (χ2v) is 3.22. The number of hydrogen-bond donors (Lipinski definition) is 1. The maximum atomic E-state index is 10.2. The number of hydrogen-bond acceptors (Lipinski definition) is 2. The van der Waals surface area contributed by atoms with Crippen LogP contribution < -0.4 is 5.73 Å². The summed E-state index contributed by atoms with van der Waals surface area (Å²) in [6.45, 7) is 4.00. The van der Waals surface area contributed by atoms with Crippen LogP contribution in [0, 0.1) is 5.41 Å². The smallest absolute Gasteiger partial charge is 0.140 e. The molecule has 1 aliphatic carbocycles. The molecule has 1 saturated carbocycles. The molecule has 0 aromatic rings. The average molecular weight is 113 g/mol. The Morgan fingerprint density at radius 2 is 2.00 bits per heavy atom. The van der Waals surface area contributed by atoms with Gasteiger partial charge < -0.3 is 10.5 Å². The number of carbonyl (C=O) groups excluding carboxylic acids is 1. The summed E-state index contributed by atoms with van der Waals surface area (Å²) in [6, 6.07) is 0. The molecule has 2 nitrogen and oxygen atoms in total.